The number of hydrogen-bond donors (Lipinski definition) is 1. The maximum Gasteiger partial charge on any atom is 0.260 e. The molecule has 1 N–H and O–H groups in total. The number of fused-ring (bicyclic) bond motifs is 1. The minimum atomic E-state index is -0.209. The Kier molecular flexibility index (Phi) is 4.59. The van der Waals surface area contributed by atoms with Crippen molar-refractivity contribution in [2.75, 3.05) is 4.90 Å². The van der Waals surface area contributed by atoms with Gasteiger partial charge in [-0.1, -0.05) is 22.9 Å². The highest BCUT2D eigenvalue weighted by molar-refractivity contribution is 7.22. The number of carbonyl (C=O) groups excluding carboxylic acids is 1. The Morgan fingerprint density at radius 1 is 1.26 bits per heavy atom. The van der Waals surface area contributed by atoms with Crippen molar-refractivity contribution >= 4 is 44.2 Å². The van der Waals surface area contributed by atoms with E-state index in [4.69, 9.17) is 16.9 Å². The summed E-state index contributed by atoms with van der Waals surface area (Å²) in [6.07, 6.45) is 3.24. The number of nitrogens with zero attached hydrogens (tertiary/aromatic N) is 4. The molecule has 2 heterocycles. The van der Waals surface area contributed by atoms with E-state index >= 15 is 0 Å². The van der Waals surface area contributed by atoms with Crippen LogP contribution < -0.4 is 4.90 Å². The van der Waals surface area contributed by atoms with Crippen molar-refractivity contribution in [3.05, 3.63) is 76.8 Å². The summed E-state index contributed by atoms with van der Waals surface area (Å²) in [7, 11) is 0. The molecule has 0 unspecified atom stereocenters. The summed E-state index contributed by atoms with van der Waals surface area (Å²) in [5.74, 6) is -0.209. The number of nitrogens with one attached hydrogen (secondary N) is 1. The third-order valence-corrected chi connectivity index (χ3v) is 5.24. The van der Waals surface area contributed by atoms with Crippen molar-refractivity contribution in [2.45, 2.75) is 6.54 Å². The lowest BCUT2D eigenvalue weighted by Crippen LogP contribution is -2.30. The normalized spacial score (nSPS) is 10.7. The summed E-state index contributed by atoms with van der Waals surface area (Å²) >= 11 is 7.46. The molecule has 2 aromatic heterocycles. The lowest BCUT2D eigenvalue weighted by atomic mass is 10.1. The second kappa shape index (κ2) is 7.19. The molecule has 0 bridgehead atoms. The van der Waals surface area contributed by atoms with Crippen molar-refractivity contribution in [3.8, 4) is 6.07 Å². The van der Waals surface area contributed by atoms with Crippen LogP contribution in [0.2, 0.25) is 5.02 Å². The molecule has 0 aliphatic rings. The minimum absolute atomic E-state index is 0.209. The van der Waals surface area contributed by atoms with E-state index in [0.717, 1.165) is 15.9 Å². The number of H-pyrrole nitrogens is 1. The maximum atomic E-state index is 13.2. The molecule has 132 valence electrons. The zero-order valence-electron chi connectivity index (χ0n) is 13.9. The van der Waals surface area contributed by atoms with Gasteiger partial charge in [0.2, 0.25) is 0 Å². The van der Waals surface area contributed by atoms with Crippen LogP contribution in [0.5, 0.6) is 0 Å². The average Bonchev–Trinajstić information content (AvgIpc) is 3.34. The molecule has 6 nitrogen and oxygen atoms in total. The molecule has 4 aromatic rings. The van der Waals surface area contributed by atoms with Crippen LogP contribution >= 0.6 is 22.9 Å². The van der Waals surface area contributed by atoms with E-state index in [0.29, 0.717) is 27.8 Å². The standard InChI is InChI=1S/C19H12ClN5OS/c20-14-5-6-16-17(7-14)27-19(24-16)25(10-15-9-22-11-23-15)18(26)13-3-1-12(8-21)2-4-13/h1-7,9,11H,10H2,(H,22,23). The van der Waals surface area contributed by atoms with Gasteiger partial charge in [0.05, 0.1) is 40.4 Å². The predicted molar refractivity (Wildman–Crippen MR) is 105 cm³/mol. The molecule has 0 aliphatic heterocycles. The first-order valence-corrected chi connectivity index (χ1v) is 9.19. The van der Waals surface area contributed by atoms with Gasteiger partial charge in [-0.2, -0.15) is 5.26 Å². The van der Waals surface area contributed by atoms with Gasteiger partial charge in [0.15, 0.2) is 5.13 Å². The number of imidazole rings is 1. The van der Waals surface area contributed by atoms with Gasteiger partial charge in [0, 0.05) is 16.8 Å². The summed E-state index contributed by atoms with van der Waals surface area (Å²) in [6.45, 7) is 0.298. The molecule has 2 aromatic carbocycles. The molecule has 4 rings (SSSR count). The largest absolute Gasteiger partial charge is 0.347 e. The highest BCUT2D eigenvalue weighted by Crippen LogP contribution is 2.32. The third kappa shape index (κ3) is 3.53. The van der Waals surface area contributed by atoms with Crippen LogP contribution in [0.4, 0.5) is 5.13 Å². The quantitative estimate of drug-likeness (QED) is 0.557. The summed E-state index contributed by atoms with van der Waals surface area (Å²) in [5, 5.41) is 10.1. The van der Waals surface area contributed by atoms with Gasteiger partial charge in [-0.05, 0) is 42.5 Å². The van der Waals surface area contributed by atoms with Crippen LogP contribution in [-0.2, 0) is 6.54 Å². The second-order valence-corrected chi connectivity index (χ2v) is 7.21. The zero-order chi connectivity index (χ0) is 18.8. The minimum Gasteiger partial charge on any atom is -0.347 e. The van der Waals surface area contributed by atoms with Gasteiger partial charge in [-0.3, -0.25) is 9.69 Å². The van der Waals surface area contributed by atoms with Gasteiger partial charge < -0.3 is 4.98 Å². The number of benzene rings is 2. The Labute approximate surface area is 163 Å². The van der Waals surface area contributed by atoms with E-state index in [1.807, 2.05) is 12.1 Å². The van der Waals surface area contributed by atoms with E-state index in [1.54, 1.807) is 47.8 Å². The van der Waals surface area contributed by atoms with Crippen LogP contribution in [0.15, 0.2) is 55.0 Å². The van der Waals surface area contributed by atoms with Gasteiger partial charge in [0.1, 0.15) is 0 Å². The fourth-order valence-corrected chi connectivity index (χ4v) is 3.85. The molecule has 0 aliphatic carbocycles. The SMILES string of the molecule is N#Cc1ccc(C(=O)N(Cc2cnc[nH]2)c2nc3ccc(Cl)cc3s2)cc1. The van der Waals surface area contributed by atoms with Gasteiger partial charge in [0.25, 0.3) is 5.91 Å². The number of carbonyl (C=O) groups is 1. The van der Waals surface area contributed by atoms with Crippen LogP contribution in [0, 0.1) is 11.3 Å². The molecule has 0 fully saturated rings. The molecule has 0 saturated carbocycles. The predicted octanol–water partition coefficient (Wildman–Crippen LogP) is 4.39. The molecule has 1 amide bonds. The first kappa shape index (κ1) is 17.2. The van der Waals surface area contributed by atoms with Crippen LogP contribution in [0.1, 0.15) is 21.6 Å². The van der Waals surface area contributed by atoms with Crippen molar-refractivity contribution in [3.63, 3.8) is 0 Å². The first-order chi connectivity index (χ1) is 13.1. The molecular formula is C19H12ClN5OS. The van der Waals surface area contributed by atoms with E-state index in [1.165, 1.54) is 11.3 Å². The zero-order valence-corrected chi connectivity index (χ0v) is 15.5. The average molecular weight is 394 g/mol. The van der Waals surface area contributed by atoms with Crippen LogP contribution in [0.25, 0.3) is 10.2 Å². The van der Waals surface area contributed by atoms with Gasteiger partial charge >= 0.3 is 0 Å². The lowest BCUT2D eigenvalue weighted by molar-refractivity contribution is 0.0985. The number of hydrogen-bond acceptors (Lipinski definition) is 5. The Morgan fingerprint density at radius 2 is 2.07 bits per heavy atom. The van der Waals surface area contributed by atoms with Crippen LogP contribution in [-0.4, -0.2) is 20.9 Å². The molecular weight excluding hydrogens is 382 g/mol. The summed E-state index contributed by atoms with van der Waals surface area (Å²) < 4.78 is 0.903. The fourth-order valence-electron chi connectivity index (χ4n) is 2.61. The molecule has 0 spiro atoms. The smallest absolute Gasteiger partial charge is 0.260 e. The molecule has 0 saturated heterocycles. The van der Waals surface area contributed by atoms with Crippen LogP contribution in [0.3, 0.4) is 0 Å². The summed E-state index contributed by atoms with van der Waals surface area (Å²) in [4.78, 5) is 26.4. The van der Waals surface area contributed by atoms with Crippen molar-refractivity contribution < 1.29 is 4.79 Å². The first-order valence-electron chi connectivity index (χ1n) is 7.99. The fraction of sp³-hybridized carbons (Fsp3) is 0.0526. The van der Waals surface area contributed by atoms with Crippen molar-refractivity contribution in [2.24, 2.45) is 0 Å². The molecule has 0 atom stereocenters. The van der Waals surface area contributed by atoms with E-state index in [-0.39, 0.29) is 5.91 Å². The Morgan fingerprint density at radius 3 is 2.78 bits per heavy atom. The maximum absolute atomic E-state index is 13.2. The molecule has 8 heteroatoms. The van der Waals surface area contributed by atoms with Gasteiger partial charge in [-0.15, -0.1) is 0 Å². The number of rotatable bonds is 4. The number of nitriles is 1. The molecule has 0 radical (unpaired) electrons. The number of thiazole rings is 1. The van der Waals surface area contributed by atoms with Gasteiger partial charge in [-0.25, -0.2) is 9.97 Å². The van der Waals surface area contributed by atoms with Crippen molar-refractivity contribution in [1.82, 2.24) is 15.0 Å². The number of anilines is 1. The summed E-state index contributed by atoms with van der Waals surface area (Å²) in [5.41, 5.74) is 2.54. The summed E-state index contributed by atoms with van der Waals surface area (Å²) in [6, 6.07) is 14.0. The highest BCUT2D eigenvalue weighted by Gasteiger charge is 2.22. The number of aromatic nitrogens is 3. The monoisotopic (exact) mass is 393 g/mol. The number of amides is 1. The number of halogens is 1. The lowest BCUT2D eigenvalue weighted by Gasteiger charge is -2.19. The second-order valence-electron chi connectivity index (χ2n) is 5.77. The van der Waals surface area contributed by atoms with E-state index < -0.39 is 0 Å². The van der Waals surface area contributed by atoms with Crippen molar-refractivity contribution in [1.29, 1.82) is 5.26 Å². The topological polar surface area (TPSA) is 85.7 Å². The van der Waals surface area contributed by atoms with E-state index in [2.05, 4.69) is 21.0 Å². The Bertz CT molecular complexity index is 1150. The van der Waals surface area contributed by atoms with E-state index in [9.17, 15) is 4.79 Å². The highest BCUT2D eigenvalue weighted by atomic mass is 35.5. The molecule has 27 heavy (non-hydrogen) atoms. The third-order valence-electron chi connectivity index (χ3n) is 3.96. The number of aromatic amines is 1. The Balaban J connectivity index is 1.75. The Hall–Kier alpha value is -3.21.